The number of likely N-dealkylation sites (tertiary alicyclic amines) is 1. The predicted octanol–water partition coefficient (Wildman–Crippen LogP) is 7.08. The monoisotopic (exact) mass is 679 g/mol. The summed E-state index contributed by atoms with van der Waals surface area (Å²) in [5.41, 5.74) is 1.93. The molecule has 49 heavy (non-hydrogen) atoms. The number of alkyl halides is 3. The van der Waals surface area contributed by atoms with Crippen LogP contribution in [0.2, 0.25) is 0 Å². The van der Waals surface area contributed by atoms with Crippen LogP contribution < -0.4 is 20.4 Å². The van der Waals surface area contributed by atoms with Crippen molar-refractivity contribution in [3.63, 3.8) is 0 Å². The maximum atomic E-state index is 15.2. The number of halogens is 5. The van der Waals surface area contributed by atoms with Gasteiger partial charge in [-0.1, -0.05) is 42.5 Å². The van der Waals surface area contributed by atoms with Gasteiger partial charge in [-0.3, -0.25) is 9.69 Å². The van der Waals surface area contributed by atoms with Crippen LogP contribution in [0.3, 0.4) is 0 Å². The van der Waals surface area contributed by atoms with Gasteiger partial charge in [-0.15, -0.1) is 0 Å². The van der Waals surface area contributed by atoms with E-state index in [2.05, 4.69) is 20.5 Å². The third kappa shape index (κ3) is 6.91. The van der Waals surface area contributed by atoms with Crippen LogP contribution in [-0.2, 0) is 17.9 Å². The highest BCUT2D eigenvalue weighted by Crippen LogP contribution is 2.40. The number of carbonyl (C=O) groups is 2. The molecule has 1 atom stereocenters. The van der Waals surface area contributed by atoms with Gasteiger partial charge < -0.3 is 15.5 Å². The molecule has 256 valence electrons. The molecule has 3 aromatic carbocycles. The molecular formula is C35H34F5N7O2. The lowest BCUT2D eigenvalue weighted by molar-refractivity contribution is -0.170. The lowest BCUT2D eigenvalue weighted by Crippen LogP contribution is -2.45. The number of carbonyl (C=O) groups excluding carboxylic acids is 2. The third-order valence-corrected chi connectivity index (χ3v) is 8.56. The Morgan fingerprint density at radius 1 is 1.04 bits per heavy atom. The van der Waals surface area contributed by atoms with Crippen molar-refractivity contribution in [2.24, 2.45) is 0 Å². The van der Waals surface area contributed by atoms with Crippen molar-refractivity contribution < 1.29 is 31.5 Å². The third-order valence-electron chi connectivity index (χ3n) is 8.56. The van der Waals surface area contributed by atoms with Gasteiger partial charge >= 0.3 is 18.1 Å². The highest BCUT2D eigenvalue weighted by Gasteiger charge is 2.44. The molecular weight excluding hydrogens is 645 g/mol. The van der Waals surface area contributed by atoms with Gasteiger partial charge in [0.15, 0.2) is 5.82 Å². The number of amides is 3. The Labute approximate surface area is 279 Å². The number of urea groups is 1. The first-order chi connectivity index (χ1) is 23.3. The minimum atomic E-state index is -5.12. The average molecular weight is 680 g/mol. The molecule has 0 unspecified atom stereocenters. The van der Waals surface area contributed by atoms with Crippen molar-refractivity contribution >= 4 is 35.1 Å². The fraction of sp³-hybridized carbons (Fsp3) is 0.314. The zero-order chi connectivity index (χ0) is 35.0. The fourth-order valence-corrected chi connectivity index (χ4v) is 6.28. The number of rotatable bonds is 8. The molecule has 4 aromatic rings. The molecule has 2 aliphatic rings. The summed E-state index contributed by atoms with van der Waals surface area (Å²) in [5.74, 6) is -4.05. The van der Waals surface area contributed by atoms with E-state index < -0.39 is 41.5 Å². The van der Waals surface area contributed by atoms with E-state index in [1.807, 2.05) is 30.3 Å². The van der Waals surface area contributed by atoms with Crippen molar-refractivity contribution in [2.45, 2.75) is 58.5 Å². The Kier molecular flexibility index (Phi) is 9.25. The van der Waals surface area contributed by atoms with Crippen LogP contribution in [0.25, 0.3) is 11.3 Å². The van der Waals surface area contributed by atoms with E-state index >= 15 is 8.78 Å². The second-order valence-electron chi connectivity index (χ2n) is 12.4. The number of benzene rings is 3. The molecule has 14 heteroatoms. The number of anilines is 4. The quantitative estimate of drug-likeness (QED) is 0.194. The molecule has 1 fully saturated rings. The number of aromatic nitrogens is 2. The van der Waals surface area contributed by atoms with E-state index in [1.165, 1.54) is 32.0 Å². The molecule has 0 aliphatic carbocycles. The van der Waals surface area contributed by atoms with Gasteiger partial charge in [0.25, 0.3) is 0 Å². The second-order valence-corrected chi connectivity index (χ2v) is 12.4. The Balaban J connectivity index is 1.46. The van der Waals surface area contributed by atoms with Crippen LogP contribution >= 0.6 is 0 Å². The van der Waals surface area contributed by atoms with E-state index in [0.29, 0.717) is 22.6 Å². The molecule has 2 N–H and O–H groups in total. The predicted molar refractivity (Wildman–Crippen MR) is 175 cm³/mol. The van der Waals surface area contributed by atoms with Gasteiger partial charge in [0.05, 0.1) is 12.2 Å². The molecule has 6 rings (SSSR count). The smallest absolute Gasteiger partial charge is 0.350 e. The van der Waals surface area contributed by atoms with Crippen LogP contribution in [0.15, 0.2) is 66.7 Å². The van der Waals surface area contributed by atoms with Crippen LogP contribution in [0, 0.1) is 18.6 Å². The summed E-state index contributed by atoms with van der Waals surface area (Å²) >= 11 is 0. The molecule has 0 bridgehead atoms. The van der Waals surface area contributed by atoms with Crippen LogP contribution in [0.4, 0.5) is 49.9 Å². The molecule has 3 amide bonds. The second kappa shape index (κ2) is 13.4. The lowest BCUT2D eigenvalue weighted by atomic mass is 9.98. The van der Waals surface area contributed by atoms with Gasteiger partial charge in [-0.2, -0.15) is 18.2 Å². The van der Waals surface area contributed by atoms with E-state index in [0.717, 1.165) is 42.1 Å². The number of para-hydroxylation sites is 1. The lowest BCUT2D eigenvalue weighted by Gasteiger charge is -2.32. The summed E-state index contributed by atoms with van der Waals surface area (Å²) in [7, 11) is 0. The number of hydrogen-bond donors (Lipinski definition) is 2. The Morgan fingerprint density at radius 2 is 1.76 bits per heavy atom. The molecule has 2 aliphatic heterocycles. The Morgan fingerprint density at radius 3 is 2.43 bits per heavy atom. The summed E-state index contributed by atoms with van der Waals surface area (Å²) in [6.07, 6.45) is -4.39. The zero-order valence-electron chi connectivity index (χ0n) is 27.0. The van der Waals surface area contributed by atoms with Crippen molar-refractivity contribution in [1.29, 1.82) is 0 Å². The minimum Gasteiger partial charge on any atom is -0.350 e. The molecule has 3 heterocycles. The summed E-state index contributed by atoms with van der Waals surface area (Å²) < 4.78 is 71.3. The number of fused-ring (bicyclic) bond motifs is 1. The minimum absolute atomic E-state index is 0.0241. The fourth-order valence-electron chi connectivity index (χ4n) is 6.28. The number of hydrogen-bond acceptors (Lipinski definition) is 6. The van der Waals surface area contributed by atoms with Crippen LogP contribution in [0.5, 0.6) is 0 Å². The Hall–Kier alpha value is -5.11. The number of nitrogens with one attached hydrogen (secondary N) is 2. The van der Waals surface area contributed by atoms with E-state index in [4.69, 9.17) is 4.98 Å². The number of aryl methyl sites for hydroxylation is 1. The van der Waals surface area contributed by atoms with Crippen LogP contribution in [-0.4, -0.2) is 58.2 Å². The maximum absolute atomic E-state index is 15.2. The average Bonchev–Trinajstić information content (AvgIpc) is 3.48. The SMILES string of the molecule is Cc1ccc(N(C(=O)C(F)(F)F)C(C)C)cc1-c1nc(N[C@H]2CCN(Cc3ccccc3)C2)nc2c1CNC(=O)N2c1c(F)cccc1F. The van der Waals surface area contributed by atoms with Gasteiger partial charge in [-0.25, -0.2) is 23.5 Å². The van der Waals surface area contributed by atoms with E-state index in [1.54, 1.807) is 13.0 Å². The summed E-state index contributed by atoms with van der Waals surface area (Å²) in [6, 6.07) is 15.8. The molecule has 0 saturated carbocycles. The first kappa shape index (κ1) is 33.8. The van der Waals surface area contributed by atoms with Crippen molar-refractivity contribution in [1.82, 2.24) is 20.2 Å². The summed E-state index contributed by atoms with van der Waals surface area (Å²) in [6.45, 7) is 6.66. The van der Waals surface area contributed by atoms with Crippen LogP contribution in [0.1, 0.15) is 37.0 Å². The Bertz CT molecular complexity index is 1870. The maximum Gasteiger partial charge on any atom is 0.471 e. The van der Waals surface area contributed by atoms with Crippen molar-refractivity contribution in [3.8, 4) is 11.3 Å². The van der Waals surface area contributed by atoms with Gasteiger partial charge in [0, 0.05) is 48.5 Å². The first-order valence-electron chi connectivity index (χ1n) is 15.8. The van der Waals surface area contributed by atoms with Crippen molar-refractivity contribution in [2.75, 3.05) is 28.2 Å². The van der Waals surface area contributed by atoms with Crippen molar-refractivity contribution in [3.05, 3.63) is 95.1 Å². The summed E-state index contributed by atoms with van der Waals surface area (Å²) in [4.78, 5) is 38.9. The van der Waals surface area contributed by atoms with Gasteiger partial charge in [-0.05, 0) is 62.6 Å². The molecule has 0 radical (unpaired) electrons. The summed E-state index contributed by atoms with van der Waals surface area (Å²) in [5, 5.41) is 5.94. The van der Waals surface area contributed by atoms with E-state index in [-0.39, 0.29) is 41.3 Å². The molecule has 0 spiro atoms. The molecule has 9 nitrogen and oxygen atoms in total. The molecule has 1 saturated heterocycles. The zero-order valence-corrected chi connectivity index (χ0v) is 27.0. The van der Waals surface area contributed by atoms with E-state index in [9.17, 15) is 22.8 Å². The van der Waals surface area contributed by atoms with Gasteiger partial charge in [0.1, 0.15) is 17.3 Å². The molecule has 1 aromatic heterocycles. The largest absolute Gasteiger partial charge is 0.471 e. The first-order valence-corrected chi connectivity index (χ1v) is 15.8. The highest BCUT2D eigenvalue weighted by molar-refractivity contribution is 6.02. The van der Waals surface area contributed by atoms with Gasteiger partial charge in [0.2, 0.25) is 5.95 Å². The number of nitrogens with zero attached hydrogens (tertiary/aromatic N) is 5. The normalized spacial score (nSPS) is 16.5. The standard InChI is InChI=1S/C35H34F5N7O2/c1-20(2)46(32(48)35(38,39)40)24-13-12-21(3)25(16-24)29-26-17-41-34(49)47(30-27(36)10-7-11-28(30)37)31(26)44-33(43-29)42-23-14-15-45(19-23)18-22-8-5-4-6-9-22/h4-13,16,20,23H,14-15,17-19H2,1-3H3,(H,41,49)(H,42,43,44)/t23-/m0/s1. The topological polar surface area (TPSA) is 93.7 Å². The highest BCUT2D eigenvalue weighted by atomic mass is 19.4.